The van der Waals surface area contributed by atoms with Gasteiger partial charge < -0.3 is 9.64 Å². The molecule has 32 heavy (non-hydrogen) atoms. The minimum atomic E-state index is -0.200. The monoisotopic (exact) mass is 472 g/mol. The highest BCUT2D eigenvalue weighted by atomic mass is 32.2. The van der Waals surface area contributed by atoms with Crippen LogP contribution >= 0.6 is 24.0 Å². The number of pyridine rings is 1. The van der Waals surface area contributed by atoms with Gasteiger partial charge in [-0.05, 0) is 38.5 Å². The molecule has 7 nitrogen and oxygen atoms in total. The Morgan fingerprint density at radius 1 is 1.22 bits per heavy atom. The minimum Gasteiger partial charge on any atom is -0.372 e. The fraction of sp³-hybridized carbons (Fsp3) is 0.478. The van der Waals surface area contributed by atoms with Crippen LogP contribution in [0.2, 0.25) is 0 Å². The third kappa shape index (κ3) is 4.60. The van der Waals surface area contributed by atoms with Crippen molar-refractivity contribution in [2.24, 2.45) is 0 Å². The lowest BCUT2D eigenvalue weighted by molar-refractivity contribution is -0.122. The summed E-state index contributed by atoms with van der Waals surface area (Å²) in [5, 5.41) is 0. The van der Waals surface area contributed by atoms with E-state index in [1.165, 1.54) is 16.2 Å². The van der Waals surface area contributed by atoms with E-state index in [9.17, 15) is 9.59 Å². The van der Waals surface area contributed by atoms with Crippen LogP contribution in [-0.4, -0.2) is 56.4 Å². The van der Waals surface area contributed by atoms with E-state index in [0.717, 1.165) is 19.3 Å². The SMILES string of the molecule is CCCCCN1C(=O)/C(=C\c2c(N3CC(C)OC(C)C3)nc3ccccn3c2=O)SC1=S. The van der Waals surface area contributed by atoms with Crippen molar-refractivity contribution in [3.05, 3.63) is 45.2 Å². The Kier molecular flexibility index (Phi) is 6.97. The van der Waals surface area contributed by atoms with Crippen molar-refractivity contribution in [3.63, 3.8) is 0 Å². The summed E-state index contributed by atoms with van der Waals surface area (Å²) in [6.45, 7) is 8.00. The van der Waals surface area contributed by atoms with E-state index in [1.807, 2.05) is 26.0 Å². The summed E-state index contributed by atoms with van der Waals surface area (Å²) in [5.41, 5.74) is 0.779. The fourth-order valence-electron chi connectivity index (χ4n) is 4.15. The zero-order chi connectivity index (χ0) is 22.8. The lowest BCUT2D eigenvalue weighted by atomic mass is 10.2. The number of morpholine rings is 1. The molecule has 170 valence electrons. The van der Waals surface area contributed by atoms with Crippen molar-refractivity contribution in [2.75, 3.05) is 24.5 Å². The average molecular weight is 473 g/mol. The molecule has 0 N–H and O–H groups in total. The van der Waals surface area contributed by atoms with Crippen LogP contribution in [0.5, 0.6) is 0 Å². The lowest BCUT2D eigenvalue weighted by Crippen LogP contribution is -2.46. The summed E-state index contributed by atoms with van der Waals surface area (Å²) in [4.78, 5) is 35.6. The molecule has 2 unspecified atom stereocenters. The van der Waals surface area contributed by atoms with Crippen LogP contribution in [0.25, 0.3) is 11.7 Å². The van der Waals surface area contributed by atoms with Crippen LogP contribution < -0.4 is 10.5 Å². The third-order valence-corrected chi connectivity index (χ3v) is 6.98. The predicted octanol–water partition coefficient (Wildman–Crippen LogP) is 3.70. The van der Waals surface area contributed by atoms with E-state index >= 15 is 0 Å². The quantitative estimate of drug-likeness (QED) is 0.361. The number of fused-ring (bicyclic) bond motifs is 1. The lowest BCUT2D eigenvalue weighted by Gasteiger charge is -2.36. The summed E-state index contributed by atoms with van der Waals surface area (Å²) in [6.07, 6.45) is 6.43. The first-order valence-corrected chi connectivity index (χ1v) is 12.3. The van der Waals surface area contributed by atoms with Gasteiger partial charge in [0.15, 0.2) is 0 Å². The molecule has 1 amide bonds. The first-order valence-electron chi connectivity index (χ1n) is 11.1. The Labute approximate surface area is 197 Å². The number of nitrogens with zero attached hydrogens (tertiary/aromatic N) is 4. The highest BCUT2D eigenvalue weighted by Crippen LogP contribution is 2.34. The molecule has 2 fully saturated rings. The van der Waals surface area contributed by atoms with E-state index in [0.29, 0.717) is 45.9 Å². The van der Waals surface area contributed by atoms with E-state index in [4.69, 9.17) is 21.9 Å². The zero-order valence-electron chi connectivity index (χ0n) is 18.6. The van der Waals surface area contributed by atoms with E-state index in [1.54, 1.807) is 23.2 Å². The molecule has 0 bridgehead atoms. The van der Waals surface area contributed by atoms with Gasteiger partial charge in [-0.3, -0.25) is 18.9 Å². The number of thioether (sulfide) groups is 1. The molecule has 4 heterocycles. The van der Waals surface area contributed by atoms with Gasteiger partial charge in [0.1, 0.15) is 15.8 Å². The van der Waals surface area contributed by atoms with Gasteiger partial charge in [-0.25, -0.2) is 4.98 Å². The number of unbranched alkanes of at least 4 members (excludes halogenated alkanes) is 2. The molecule has 4 rings (SSSR count). The van der Waals surface area contributed by atoms with Crippen LogP contribution in [0.4, 0.5) is 5.82 Å². The Morgan fingerprint density at radius 3 is 2.69 bits per heavy atom. The van der Waals surface area contributed by atoms with Crippen molar-refractivity contribution >= 4 is 51.7 Å². The summed E-state index contributed by atoms with van der Waals surface area (Å²) in [7, 11) is 0. The number of anilines is 1. The standard InChI is InChI=1S/C23H28N4O3S2/c1-4-5-7-11-27-22(29)18(32-23(27)31)12-17-20(25-13-15(2)30-16(3)14-25)24-19-9-6-8-10-26(19)21(17)28/h6,8-10,12,15-16H,4-5,7,11,13-14H2,1-3H3/b18-12+. The number of ether oxygens (including phenoxy) is 1. The first kappa shape index (κ1) is 22.9. The Balaban J connectivity index is 1.77. The highest BCUT2D eigenvalue weighted by Gasteiger charge is 2.33. The van der Waals surface area contributed by atoms with Gasteiger partial charge in [-0.2, -0.15) is 0 Å². The molecule has 2 aliphatic rings. The number of amides is 1. The maximum Gasteiger partial charge on any atom is 0.267 e. The van der Waals surface area contributed by atoms with Gasteiger partial charge in [0.25, 0.3) is 11.5 Å². The summed E-state index contributed by atoms with van der Waals surface area (Å²) >= 11 is 6.72. The average Bonchev–Trinajstić information content (AvgIpc) is 3.02. The number of aromatic nitrogens is 2. The number of thiocarbonyl (C=S) groups is 1. The van der Waals surface area contributed by atoms with Gasteiger partial charge in [-0.1, -0.05) is 49.8 Å². The van der Waals surface area contributed by atoms with Crippen LogP contribution in [0, 0.1) is 0 Å². The van der Waals surface area contributed by atoms with E-state index in [-0.39, 0.29) is 23.7 Å². The number of hydrogen-bond acceptors (Lipinski definition) is 7. The molecule has 2 atom stereocenters. The number of hydrogen-bond donors (Lipinski definition) is 0. The van der Waals surface area contributed by atoms with Gasteiger partial charge in [0, 0.05) is 25.8 Å². The van der Waals surface area contributed by atoms with Gasteiger partial charge in [0.05, 0.1) is 22.7 Å². The molecule has 2 aromatic rings. The molecule has 9 heteroatoms. The summed E-state index contributed by atoms with van der Waals surface area (Å²) < 4.78 is 7.93. The molecule has 2 aliphatic heterocycles. The topological polar surface area (TPSA) is 67.2 Å². The highest BCUT2D eigenvalue weighted by molar-refractivity contribution is 8.26. The van der Waals surface area contributed by atoms with Gasteiger partial charge in [0.2, 0.25) is 0 Å². The largest absolute Gasteiger partial charge is 0.372 e. The number of carbonyl (C=O) groups excluding carboxylic acids is 1. The molecule has 0 aromatic carbocycles. The van der Waals surface area contributed by atoms with Crippen LogP contribution in [0.15, 0.2) is 34.1 Å². The third-order valence-electron chi connectivity index (χ3n) is 5.60. The fourth-order valence-corrected chi connectivity index (χ4v) is 5.44. The van der Waals surface area contributed by atoms with Crippen molar-refractivity contribution < 1.29 is 9.53 Å². The van der Waals surface area contributed by atoms with Crippen molar-refractivity contribution in [1.29, 1.82) is 0 Å². The first-order chi connectivity index (χ1) is 15.4. The number of rotatable bonds is 6. The second-order valence-corrected chi connectivity index (χ2v) is 9.96. The zero-order valence-corrected chi connectivity index (χ0v) is 20.2. The molecule has 2 saturated heterocycles. The number of carbonyl (C=O) groups is 1. The molecular weight excluding hydrogens is 444 g/mol. The second-order valence-electron chi connectivity index (χ2n) is 8.29. The Hall–Kier alpha value is -2.23. The Morgan fingerprint density at radius 2 is 1.97 bits per heavy atom. The van der Waals surface area contributed by atoms with E-state index in [2.05, 4.69) is 11.8 Å². The summed E-state index contributed by atoms with van der Waals surface area (Å²) in [6, 6.07) is 5.47. The van der Waals surface area contributed by atoms with Gasteiger partial charge in [-0.15, -0.1) is 0 Å². The van der Waals surface area contributed by atoms with Crippen LogP contribution in [0.3, 0.4) is 0 Å². The Bertz CT molecular complexity index is 1120. The molecule has 0 saturated carbocycles. The molecule has 0 radical (unpaired) electrons. The summed E-state index contributed by atoms with van der Waals surface area (Å²) in [5.74, 6) is 0.447. The second kappa shape index (κ2) is 9.72. The van der Waals surface area contributed by atoms with Crippen LogP contribution in [-0.2, 0) is 9.53 Å². The molecule has 2 aromatic heterocycles. The van der Waals surface area contributed by atoms with E-state index < -0.39 is 0 Å². The molecule has 0 aliphatic carbocycles. The molecular formula is C23H28N4O3S2. The van der Waals surface area contributed by atoms with Crippen molar-refractivity contribution in [2.45, 2.75) is 52.2 Å². The normalized spacial score (nSPS) is 23.0. The minimum absolute atomic E-state index is 0.0133. The maximum absolute atomic E-state index is 13.5. The van der Waals surface area contributed by atoms with Gasteiger partial charge >= 0.3 is 0 Å². The van der Waals surface area contributed by atoms with Crippen molar-refractivity contribution in [3.8, 4) is 0 Å². The van der Waals surface area contributed by atoms with Crippen LogP contribution in [0.1, 0.15) is 45.6 Å². The predicted molar refractivity (Wildman–Crippen MR) is 133 cm³/mol. The smallest absolute Gasteiger partial charge is 0.267 e. The maximum atomic E-state index is 13.5. The van der Waals surface area contributed by atoms with Crippen molar-refractivity contribution in [1.82, 2.24) is 14.3 Å². The molecule has 0 spiro atoms.